The highest BCUT2D eigenvalue weighted by atomic mass is 19.1. The molecule has 2 atom stereocenters. The number of halogens is 1. The lowest BCUT2D eigenvalue weighted by atomic mass is 10.1. The molecule has 0 radical (unpaired) electrons. The number of fused-ring (bicyclic) bond motifs is 3. The van der Waals surface area contributed by atoms with Gasteiger partial charge in [-0.2, -0.15) is 0 Å². The summed E-state index contributed by atoms with van der Waals surface area (Å²) < 4.78 is 25.8. The van der Waals surface area contributed by atoms with Gasteiger partial charge in [-0.15, -0.1) is 0 Å². The zero-order valence-corrected chi connectivity index (χ0v) is 13.6. The van der Waals surface area contributed by atoms with Crippen LogP contribution in [0.3, 0.4) is 0 Å². The highest BCUT2D eigenvalue weighted by molar-refractivity contribution is 6.27. The van der Waals surface area contributed by atoms with Crippen LogP contribution in [0.15, 0.2) is 23.9 Å². The molecule has 4 aliphatic heterocycles. The SMILES string of the molecule is C#CN1c2cc(N3C(=O)C4=CCCCN4C3=O)c(F)cc2OCC2OC21. The van der Waals surface area contributed by atoms with Gasteiger partial charge in [0.1, 0.15) is 24.2 Å². The Morgan fingerprint density at radius 2 is 2.12 bits per heavy atom. The molecule has 0 aromatic heterocycles. The van der Waals surface area contributed by atoms with Crippen molar-refractivity contribution in [1.29, 1.82) is 0 Å². The Hall–Kier alpha value is -3.05. The molecule has 4 heterocycles. The fourth-order valence-corrected chi connectivity index (χ4v) is 3.60. The van der Waals surface area contributed by atoms with Gasteiger partial charge in [-0.3, -0.25) is 14.6 Å². The Bertz CT molecular complexity index is 922. The number of terminal acetylenes is 1. The number of amides is 3. The van der Waals surface area contributed by atoms with E-state index in [2.05, 4.69) is 6.04 Å². The minimum absolute atomic E-state index is 0.142. The zero-order chi connectivity index (χ0) is 18.0. The molecule has 0 bridgehead atoms. The van der Waals surface area contributed by atoms with Gasteiger partial charge in [0.05, 0.1) is 11.4 Å². The second kappa shape index (κ2) is 5.22. The molecular formula is C18H14FN3O4. The van der Waals surface area contributed by atoms with Gasteiger partial charge in [0.15, 0.2) is 12.0 Å². The Kier molecular flexibility index (Phi) is 3.06. The number of benzene rings is 1. The summed E-state index contributed by atoms with van der Waals surface area (Å²) in [5.74, 6) is -0.994. The summed E-state index contributed by atoms with van der Waals surface area (Å²) in [6.07, 6.45) is 8.24. The van der Waals surface area contributed by atoms with Crippen molar-refractivity contribution in [3.63, 3.8) is 0 Å². The second-order valence-electron chi connectivity index (χ2n) is 6.45. The summed E-state index contributed by atoms with van der Waals surface area (Å²) in [4.78, 5) is 29.1. The number of carbonyl (C=O) groups excluding carboxylic acids is 2. The molecule has 1 aromatic rings. The molecule has 0 spiro atoms. The van der Waals surface area contributed by atoms with E-state index in [1.54, 1.807) is 6.08 Å². The largest absolute Gasteiger partial charge is 0.488 e. The van der Waals surface area contributed by atoms with Gasteiger partial charge in [0.25, 0.3) is 5.91 Å². The van der Waals surface area contributed by atoms with E-state index >= 15 is 0 Å². The molecule has 1 aromatic carbocycles. The first-order valence-electron chi connectivity index (χ1n) is 8.33. The van der Waals surface area contributed by atoms with Crippen molar-refractivity contribution in [3.05, 3.63) is 29.7 Å². The molecule has 0 saturated carbocycles. The minimum atomic E-state index is -0.723. The summed E-state index contributed by atoms with van der Waals surface area (Å²) in [6, 6.07) is 4.48. The quantitative estimate of drug-likeness (QED) is 0.437. The third-order valence-corrected chi connectivity index (χ3v) is 4.94. The van der Waals surface area contributed by atoms with Gasteiger partial charge >= 0.3 is 6.03 Å². The van der Waals surface area contributed by atoms with Gasteiger partial charge in [-0.1, -0.05) is 12.5 Å². The number of carbonyl (C=O) groups is 2. The molecule has 2 unspecified atom stereocenters. The van der Waals surface area contributed by atoms with E-state index in [0.29, 0.717) is 24.4 Å². The highest BCUT2D eigenvalue weighted by Crippen LogP contribution is 2.44. The van der Waals surface area contributed by atoms with Gasteiger partial charge in [-0.05, 0) is 18.9 Å². The molecule has 5 rings (SSSR count). The van der Waals surface area contributed by atoms with E-state index in [9.17, 15) is 14.0 Å². The first kappa shape index (κ1) is 15.2. The van der Waals surface area contributed by atoms with Crippen LogP contribution in [0.2, 0.25) is 0 Å². The molecule has 0 N–H and O–H groups in total. The second-order valence-corrected chi connectivity index (χ2v) is 6.45. The van der Waals surface area contributed by atoms with E-state index < -0.39 is 17.8 Å². The fourth-order valence-electron chi connectivity index (χ4n) is 3.60. The number of imide groups is 1. The number of allylic oxidation sites excluding steroid dienone is 1. The van der Waals surface area contributed by atoms with Crippen molar-refractivity contribution >= 4 is 23.3 Å². The standard InChI is InChI=1S/C18H14FN3O4/c1-2-20-13-8-12(10(19)7-14(13)25-9-15-17(20)26-15)22-16(23)11-5-3-4-6-21(11)18(22)24/h1,5,7-8,15,17H,3-4,6,9H2. The van der Waals surface area contributed by atoms with Crippen LogP contribution in [0.4, 0.5) is 20.6 Å². The van der Waals surface area contributed by atoms with Crippen LogP contribution in [-0.4, -0.2) is 42.3 Å². The molecule has 8 heteroatoms. The number of hydrogen-bond donors (Lipinski definition) is 0. The maximum Gasteiger partial charge on any atom is 0.336 e. The first-order valence-corrected chi connectivity index (χ1v) is 8.33. The van der Waals surface area contributed by atoms with Gasteiger partial charge < -0.3 is 9.47 Å². The summed E-state index contributed by atoms with van der Waals surface area (Å²) >= 11 is 0. The van der Waals surface area contributed by atoms with Crippen molar-refractivity contribution in [3.8, 4) is 18.2 Å². The Labute approximate surface area is 148 Å². The average molecular weight is 355 g/mol. The number of rotatable bonds is 1. The molecule has 2 fully saturated rings. The number of nitrogens with zero attached hydrogens (tertiary/aromatic N) is 3. The van der Waals surface area contributed by atoms with Gasteiger partial charge in [0.2, 0.25) is 0 Å². The van der Waals surface area contributed by atoms with Crippen LogP contribution in [-0.2, 0) is 9.53 Å². The van der Waals surface area contributed by atoms with E-state index in [4.69, 9.17) is 15.9 Å². The summed E-state index contributed by atoms with van der Waals surface area (Å²) in [6.45, 7) is 0.702. The van der Waals surface area contributed by atoms with Crippen molar-refractivity contribution < 1.29 is 23.5 Å². The van der Waals surface area contributed by atoms with E-state index in [-0.39, 0.29) is 30.4 Å². The predicted molar refractivity (Wildman–Crippen MR) is 88.8 cm³/mol. The van der Waals surface area contributed by atoms with Crippen molar-refractivity contribution in [2.24, 2.45) is 0 Å². The van der Waals surface area contributed by atoms with Crippen LogP contribution in [0.5, 0.6) is 5.75 Å². The van der Waals surface area contributed by atoms with E-state index in [0.717, 1.165) is 17.4 Å². The Morgan fingerprint density at radius 1 is 1.27 bits per heavy atom. The van der Waals surface area contributed by atoms with Crippen LogP contribution in [0, 0.1) is 18.3 Å². The first-order chi connectivity index (χ1) is 12.6. The smallest absolute Gasteiger partial charge is 0.336 e. The molecule has 3 amide bonds. The number of urea groups is 1. The average Bonchev–Trinajstić information content (AvgIpc) is 3.38. The van der Waals surface area contributed by atoms with Crippen LogP contribution in [0.25, 0.3) is 0 Å². The topological polar surface area (TPSA) is 65.6 Å². The molecular weight excluding hydrogens is 341 g/mol. The lowest BCUT2D eigenvalue weighted by Gasteiger charge is -2.22. The van der Waals surface area contributed by atoms with Crippen molar-refractivity contribution in [2.75, 3.05) is 23.0 Å². The lowest BCUT2D eigenvalue weighted by Crippen LogP contribution is -2.34. The Balaban J connectivity index is 1.61. The molecule has 132 valence electrons. The summed E-state index contributed by atoms with van der Waals surface area (Å²) in [7, 11) is 0. The predicted octanol–water partition coefficient (Wildman–Crippen LogP) is 1.79. The number of hydrogen-bond acceptors (Lipinski definition) is 5. The maximum absolute atomic E-state index is 14.8. The highest BCUT2D eigenvalue weighted by Gasteiger charge is 2.49. The number of epoxide rings is 1. The number of ether oxygens (including phenoxy) is 2. The van der Waals surface area contributed by atoms with E-state index in [1.165, 1.54) is 15.9 Å². The van der Waals surface area contributed by atoms with Gasteiger partial charge in [-0.25, -0.2) is 14.1 Å². The third-order valence-electron chi connectivity index (χ3n) is 4.94. The molecule has 4 aliphatic rings. The van der Waals surface area contributed by atoms with Crippen molar-refractivity contribution in [1.82, 2.24) is 4.90 Å². The van der Waals surface area contributed by atoms with Gasteiger partial charge in [0, 0.05) is 18.7 Å². The van der Waals surface area contributed by atoms with Crippen LogP contribution < -0.4 is 14.5 Å². The van der Waals surface area contributed by atoms with Crippen LogP contribution >= 0.6 is 0 Å². The number of anilines is 2. The summed E-state index contributed by atoms with van der Waals surface area (Å²) in [5.41, 5.74) is 0.552. The normalized spacial score (nSPS) is 26.3. The van der Waals surface area contributed by atoms with Crippen LogP contribution in [0.1, 0.15) is 12.8 Å². The lowest BCUT2D eigenvalue weighted by molar-refractivity contribution is -0.114. The maximum atomic E-state index is 14.8. The third kappa shape index (κ3) is 1.98. The Morgan fingerprint density at radius 3 is 2.88 bits per heavy atom. The minimum Gasteiger partial charge on any atom is -0.488 e. The van der Waals surface area contributed by atoms with E-state index in [1.807, 2.05) is 0 Å². The monoisotopic (exact) mass is 355 g/mol. The molecule has 2 saturated heterocycles. The molecule has 7 nitrogen and oxygen atoms in total. The fraction of sp³-hybridized carbons (Fsp3) is 0.333. The zero-order valence-electron chi connectivity index (χ0n) is 13.6. The summed E-state index contributed by atoms with van der Waals surface area (Å²) in [5, 5.41) is 0. The van der Waals surface area contributed by atoms with Crippen molar-refractivity contribution in [2.45, 2.75) is 25.2 Å². The molecule has 0 aliphatic carbocycles. The molecule has 26 heavy (non-hydrogen) atoms.